The van der Waals surface area contributed by atoms with E-state index in [1.165, 1.54) is 0 Å². The first-order valence-corrected chi connectivity index (χ1v) is 3.77. The molecule has 1 aliphatic rings. The van der Waals surface area contributed by atoms with Gasteiger partial charge in [-0.05, 0) is 11.4 Å². The third-order valence-electron chi connectivity index (χ3n) is 1.23. The fraction of sp³-hybridized carbons (Fsp3) is 0.167. The Morgan fingerprint density at radius 3 is 3.50 bits per heavy atom. The monoisotopic (exact) mass is 154 g/mol. The third kappa shape index (κ3) is 0.769. The molecule has 0 saturated heterocycles. The molecule has 2 rings (SSSR count). The molecule has 2 heterocycles. The number of hydrogen-bond acceptors (Lipinski definition) is 4. The number of amidine groups is 1. The van der Waals surface area contributed by atoms with E-state index in [1.807, 2.05) is 11.4 Å². The molecule has 1 aliphatic heterocycles. The molecule has 10 heavy (non-hydrogen) atoms. The van der Waals surface area contributed by atoms with E-state index >= 15 is 0 Å². The molecule has 0 fully saturated rings. The first-order valence-electron chi connectivity index (χ1n) is 2.89. The lowest BCUT2D eigenvalue weighted by Gasteiger charge is -2.09. The number of fused-ring (bicyclic) bond motifs is 1. The van der Waals surface area contributed by atoms with Crippen LogP contribution in [0.4, 0.5) is 5.69 Å². The van der Waals surface area contributed by atoms with Crippen LogP contribution >= 0.6 is 11.3 Å². The second kappa shape index (κ2) is 1.98. The van der Waals surface area contributed by atoms with Crippen molar-refractivity contribution in [1.82, 2.24) is 0 Å². The van der Waals surface area contributed by atoms with Gasteiger partial charge in [0.1, 0.15) is 18.1 Å². The average Bonchev–Trinajstić information content (AvgIpc) is 2.33. The maximum absolute atomic E-state index is 5.44. The summed E-state index contributed by atoms with van der Waals surface area (Å²) in [5.41, 5.74) is 6.29. The Morgan fingerprint density at radius 1 is 1.70 bits per heavy atom. The van der Waals surface area contributed by atoms with Gasteiger partial charge in [0.25, 0.3) is 0 Å². The van der Waals surface area contributed by atoms with E-state index in [-0.39, 0.29) is 0 Å². The molecule has 0 atom stereocenters. The molecule has 1 aromatic rings. The van der Waals surface area contributed by atoms with Crippen LogP contribution in [0.25, 0.3) is 0 Å². The summed E-state index contributed by atoms with van der Waals surface area (Å²) in [6, 6.07) is 1.89. The van der Waals surface area contributed by atoms with Gasteiger partial charge in [-0.1, -0.05) is 0 Å². The molecule has 3 nitrogen and oxygen atoms in total. The first kappa shape index (κ1) is 5.73. The van der Waals surface area contributed by atoms with Crippen molar-refractivity contribution in [3.8, 4) is 5.06 Å². The van der Waals surface area contributed by atoms with Gasteiger partial charge < -0.3 is 10.5 Å². The van der Waals surface area contributed by atoms with Crippen molar-refractivity contribution in [2.24, 2.45) is 10.7 Å². The van der Waals surface area contributed by atoms with Crippen molar-refractivity contribution in [2.45, 2.75) is 0 Å². The fourth-order valence-electron chi connectivity index (χ4n) is 0.806. The Kier molecular flexibility index (Phi) is 1.14. The first-order chi connectivity index (χ1) is 4.86. The highest BCUT2D eigenvalue weighted by atomic mass is 32.1. The maximum Gasteiger partial charge on any atom is 0.200 e. The summed E-state index contributed by atoms with van der Waals surface area (Å²) in [6.45, 7) is 0.424. The number of nitrogens with two attached hydrogens (primary N) is 1. The van der Waals surface area contributed by atoms with Crippen molar-refractivity contribution in [1.29, 1.82) is 0 Å². The van der Waals surface area contributed by atoms with Crippen molar-refractivity contribution >= 4 is 22.9 Å². The van der Waals surface area contributed by atoms with Crippen molar-refractivity contribution in [3.63, 3.8) is 0 Å². The van der Waals surface area contributed by atoms with Crippen molar-refractivity contribution in [3.05, 3.63) is 11.4 Å². The molecule has 0 aromatic carbocycles. The van der Waals surface area contributed by atoms with Gasteiger partial charge >= 0.3 is 0 Å². The number of aliphatic imine (C=N–C) groups is 1. The van der Waals surface area contributed by atoms with Gasteiger partial charge in [-0.15, -0.1) is 11.3 Å². The lowest BCUT2D eigenvalue weighted by Crippen LogP contribution is -2.22. The van der Waals surface area contributed by atoms with Crippen LogP contribution in [-0.4, -0.2) is 12.4 Å². The Bertz CT molecular complexity index is 279. The lowest BCUT2D eigenvalue weighted by atomic mass is 10.5. The topological polar surface area (TPSA) is 47.6 Å². The summed E-state index contributed by atoms with van der Waals surface area (Å²) in [4.78, 5) is 4.09. The predicted octanol–water partition coefficient (Wildman–Crippen LogP) is 1.13. The second-order valence-corrected chi connectivity index (χ2v) is 2.86. The smallest absolute Gasteiger partial charge is 0.200 e. The van der Waals surface area contributed by atoms with Crippen LogP contribution in [0, 0.1) is 0 Å². The molecule has 1 aromatic heterocycles. The van der Waals surface area contributed by atoms with Gasteiger partial charge in [-0.3, -0.25) is 0 Å². The molecule has 0 radical (unpaired) electrons. The van der Waals surface area contributed by atoms with E-state index in [0.29, 0.717) is 12.4 Å². The van der Waals surface area contributed by atoms with Crippen LogP contribution in [0.3, 0.4) is 0 Å². The largest absolute Gasteiger partial charge is 0.474 e. The fourth-order valence-corrected chi connectivity index (χ4v) is 1.49. The molecule has 0 unspecified atom stereocenters. The van der Waals surface area contributed by atoms with Crippen LogP contribution in [0.5, 0.6) is 5.06 Å². The molecule has 0 spiro atoms. The zero-order chi connectivity index (χ0) is 6.97. The van der Waals surface area contributed by atoms with Crippen LogP contribution in [-0.2, 0) is 0 Å². The molecule has 0 aliphatic carbocycles. The lowest BCUT2D eigenvalue weighted by molar-refractivity contribution is 0.382. The third-order valence-corrected chi connectivity index (χ3v) is 2.04. The van der Waals surface area contributed by atoms with Crippen LogP contribution in [0.15, 0.2) is 16.4 Å². The summed E-state index contributed by atoms with van der Waals surface area (Å²) < 4.78 is 5.24. The molecule has 4 heteroatoms. The second-order valence-electron chi connectivity index (χ2n) is 1.99. The van der Waals surface area contributed by atoms with E-state index in [9.17, 15) is 0 Å². The van der Waals surface area contributed by atoms with E-state index in [2.05, 4.69) is 4.99 Å². The number of ether oxygens (including phenoxy) is 1. The van der Waals surface area contributed by atoms with E-state index in [0.717, 1.165) is 10.8 Å². The Hall–Kier alpha value is -1.03. The van der Waals surface area contributed by atoms with E-state index < -0.39 is 0 Å². The number of nitrogens with zero attached hydrogens (tertiary/aromatic N) is 1. The Labute approximate surface area is 62.1 Å². The Balaban J connectivity index is 2.50. The zero-order valence-electron chi connectivity index (χ0n) is 5.20. The molecular weight excluding hydrogens is 148 g/mol. The van der Waals surface area contributed by atoms with Crippen molar-refractivity contribution in [2.75, 3.05) is 6.61 Å². The normalized spacial score (nSPS) is 15.4. The molecule has 52 valence electrons. The standard InChI is InChI=1S/C6H6N2OS/c7-5-3-9-6-4(8-5)1-2-10-6/h1-2H,3H2,(H2,7,8). The quantitative estimate of drug-likeness (QED) is 0.609. The minimum atomic E-state index is 0.424. The summed E-state index contributed by atoms with van der Waals surface area (Å²) in [7, 11) is 0. The molecule has 0 amide bonds. The van der Waals surface area contributed by atoms with Gasteiger partial charge in [0.05, 0.1) is 0 Å². The SMILES string of the molecule is NC1=Nc2ccsc2OC1. The minimum Gasteiger partial charge on any atom is -0.474 e. The number of hydrogen-bond donors (Lipinski definition) is 1. The van der Waals surface area contributed by atoms with Gasteiger partial charge in [0.15, 0.2) is 0 Å². The molecule has 0 saturated carbocycles. The minimum absolute atomic E-state index is 0.424. The predicted molar refractivity (Wildman–Crippen MR) is 41.1 cm³/mol. The Morgan fingerprint density at radius 2 is 2.60 bits per heavy atom. The van der Waals surface area contributed by atoms with Crippen molar-refractivity contribution < 1.29 is 4.74 Å². The summed E-state index contributed by atoms with van der Waals surface area (Å²) >= 11 is 1.54. The molecule has 0 bridgehead atoms. The molecular formula is C6H6N2OS. The van der Waals surface area contributed by atoms with Gasteiger partial charge in [0.2, 0.25) is 5.06 Å². The maximum atomic E-state index is 5.44. The summed E-state index contributed by atoms with van der Waals surface area (Å²) in [6.07, 6.45) is 0. The summed E-state index contributed by atoms with van der Waals surface area (Å²) in [5, 5.41) is 2.81. The average molecular weight is 154 g/mol. The molecule has 2 N–H and O–H groups in total. The van der Waals surface area contributed by atoms with Gasteiger partial charge in [0, 0.05) is 0 Å². The highest BCUT2D eigenvalue weighted by molar-refractivity contribution is 7.12. The van der Waals surface area contributed by atoms with Crippen LogP contribution in [0.1, 0.15) is 0 Å². The van der Waals surface area contributed by atoms with Gasteiger partial charge in [-0.25, -0.2) is 4.99 Å². The van der Waals surface area contributed by atoms with Gasteiger partial charge in [-0.2, -0.15) is 0 Å². The van der Waals surface area contributed by atoms with Crippen LogP contribution < -0.4 is 10.5 Å². The highest BCUT2D eigenvalue weighted by Crippen LogP contribution is 2.35. The summed E-state index contributed by atoms with van der Waals surface area (Å²) in [5.74, 6) is 0.547. The number of thiophene rings is 1. The zero-order valence-corrected chi connectivity index (χ0v) is 6.02. The van der Waals surface area contributed by atoms with Crippen LogP contribution in [0.2, 0.25) is 0 Å². The number of rotatable bonds is 0. The highest BCUT2D eigenvalue weighted by Gasteiger charge is 2.10. The van der Waals surface area contributed by atoms with E-state index in [1.54, 1.807) is 11.3 Å². The van der Waals surface area contributed by atoms with E-state index in [4.69, 9.17) is 10.5 Å².